The summed E-state index contributed by atoms with van der Waals surface area (Å²) in [6, 6.07) is 10.9. The van der Waals surface area contributed by atoms with Gasteiger partial charge in [0.1, 0.15) is 0 Å². The van der Waals surface area contributed by atoms with Crippen LogP contribution in [-0.2, 0) is 34.9 Å². The lowest BCUT2D eigenvalue weighted by Crippen LogP contribution is -2.38. The number of aryl methyl sites for hydroxylation is 1. The maximum atomic E-state index is 12.3. The predicted molar refractivity (Wildman–Crippen MR) is 126 cm³/mol. The van der Waals surface area contributed by atoms with Crippen molar-refractivity contribution in [2.24, 2.45) is 12.0 Å². The summed E-state index contributed by atoms with van der Waals surface area (Å²) in [6.07, 6.45) is 2.01. The Kier molecular flexibility index (Phi) is 10.6. The second-order valence-corrected chi connectivity index (χ2v) is 8.17. The Hall–Kier alpha value is -1.63. The number of nitrogens with one attached hydrogen (secondary N) is 2. The number of aliphatic imine (C=N–C) groups is 1. The lowest BCUT2D eigenvalue weighted by molar-refractivity contribution is 0.204. The van der Waals surface area contributed by atoms with E-state index in [2.05, 4.69) is 25.7 Å². The van der Waals surface area contributed by atoms with Crippen LogP contribution in [0.15, 0.2) is 52.5 Å². The van der Waals surface area contributed by atoms with Gasteiger partial charge in [-0.3, -0.25) is 4.99 Å². The van der Waals surface area contributed by atoms with Crippen molar-refractivity contribution in [1.82, 2.24) is 19.5 Å². The van der Waals surface area contributed by atoms with E-state index in [1.54, 1.807) is 25.2 Å². The monoisotopic (exact) mass is 535 g/mol. The van der Waals surface area contributed by atoms with Crippen molar-refractivity contribution < 1.29 is 13.2 Å². The molecule has 0 aliphatic heterocycles. The topological polar surface area (TPSA) is 88.0 Å². The minimum atomic E-state index is -3.56. The fraction of sp³-hybridized carbons (Fsp3) is 0.421. The molecule has 8 nitrogen and oxygen atoms in total. The molecule has 0 aliphatic rings. The average Bonchev–Trinajstić information content (AvgIpc) is 3.07. The Morgan fingerprint density at radius 2 is 2.03 bits per heavy atom. The molecule has 0 amide bonds. The summed E-state index contributed by atoms with van der Waals surface area (Å²) < 4.78 is 34.2. The van der Waals surface area contributed by atoms with Gasteiger partial charge in [-0.15, -0.1) is 24.0 Å². The molecular formula is C19H30IN5O3S. The second kappa shape index (κ2) is 12.2. The predicted octanol–water partition coefficient (Wildman–Crippen LogP) is 1.78. The molecule has 10 heteroatoms. The summed E-state index contributed by atoms with van der Waals surface area (Å²) >= 11 is 0. The SMILES string of the molecule is CN=C(NCc1cccc(S(=O)(=O)NCCOC)c1)N(C)Cc1cccn1C.I. The maximum Gasteiger partial charge on any atom is 0.240 e. The Morgan fingerprint density at radius 1 is 1.28 bits per heavy atom. The van der Waals surface area contributed by atoms with E-state index < -0.39 is 10.0 Å². The van der Waals surface area contributed by atoms with Crippen molar-refractivity contribution in [2.45, 2.75) is 18.0 Å². The van der Waals surface area contributed by atoms with Crippen molar-refractivity contribution in [1.29, 1.82) is 0 Å². The molecule has 162 valence electrons. The number of ether oxygens (including phenoxy) is 1. The van der Waals surface area contributed by atoms with Crippen LogP contribution < -0.4 is 10.0 Å². The molecule has 0 radical (unpaired) electrons. The second-order valence-electron chi connectivity index (χ2n) is 6.41. The first-order valence-electron chi connectivity index (χ1n) is 8.97. The van der Waals surface area contributed by atoms with Gasteiger partial charge in [0.05, 0.1) is 18.0 Å². The van der Waals surface area contributed by atoms with Gasteiger partial charge in [-0.2, -0.15) is 0 Å². The van der Waals surface area contributed by atoms with Crippen LogP contribution in [0.4, 0.5) is 0 Å². The van der Waals surface area contributed by atoms with Crippen LogP contribution in [0.3, 0.4) is 0 Å². The molecule has 29 heavy (non-hydrogen) atoms. The zero-order chi connectivity index (χ0) is 20.6. The molecule has 0 fully saturated rings. The number of benzene rings is 1. The standard InChI is InChI=1S/C19H29N5O3S.HI/c1-20-19(24(3)15-17-8-6-11-23(17)2)21-14-16-7-5-9-18(13-16)28(25,26)22-10-12-27-4;/h5-9,11,13,22H,10,12,14-15H2,1-4H3,(H,20,21);1H. The number of methoxy groups -OCH3 is 1. The number of rotatable bonds is 9. The molecule has 0 saturated heterocycles. The highest BCUT2D eigenvalue weighted by molar-refractivity contribution is 14.0. The highest BCUT2D eigenvalue weighted by Crippen LogP contribution is 2.12. The summed E-state index contributed by atoms with van der Waals surface area (Å²) in [6.45, 7) is 1.73. The van der Waals surface area contributed by atoms with Gasteiger partial charge >= 0.3 is 0 Å². The fourth-order valence-electron chi connectivity index (χ4n) is 2.73. The van der Waals surface area contributed by atoms with E-state index in [9.17, 15) is 8.42 Å². The van der Waals surface area contributed by atoms with Crippen molar-refractivity contribution in [3.05, 3.63) is 53.9 Å². The van der Waals surface area contributed by atoms with Crippen molar-refractivity contribution >= 4 is 40.0 Å². The normalized spacial score (nSPS) is 11.8. The molecule has 2 rings (SSSR count). The van der Waals surface area contributed by atoms with E-state index in [0.29, 0.717) is 19.7 Å². The van der Waals surface area contributed by atoms with E-state index in [1.807, 2.05) is 37.3 Å². The smallest absolute Gasteiger partial charge is 0.240 e. The van der Waals surface area contributed by atoms with Gasteiger partial charge in [-0.05, 0) is 29.8 Å². The van der Waals surface area contributed by atoms with E-state index in [-0.39, 0.29) is 35.4 Å². The van der Waals surface area contributed by atoms with Crippen LogP contribution in [0, 0.1) is 0 Å². The van der Waals surface area contributed by atoms with Crippen LogP contribution in [0.2, 0.25) is 0 Å². The number of nitrogens with zero attached hydrogens (tertiary/aromatic N) is 3. The van der Waals surface area contributed by atoms with E-state index in [1.165, 1.54) is 12.8 Å². The molecule has 0 spiro atoms. The Bertz CT molecular complexity index is 899. The summed E-state index contributed by atoms with van der Waals surface area (Å²) in [5, 5.41) is 3.28. The van der Waals surface area contributed by atoms with Crippen LogP contribution in [0.25, 0.3) is 0 Å². The molecule has 1 heterocycles. The van der Waals surface area contributed by atoms with Crippen molar-refractivity contribution in [3.63, 3.8) is 0 Å². The third-order valence-electron chi connectivity index (χ3n) is 4.28. The summed E-state index contributed by atoms with van der Waals surface area (Å²) in [5.41, 5.74) is 2.02. The molecule has 0 bridgehead atoms. The molecule has 0 saturated carbocycles. The first-order chi connectivity index (χ1) is 13.4. The van der Waals surface area contributed by atoms with E-state index in [0.717, 1.165) is 11.5 Å². The van der Waals surface area contributed by atoms with Gasteiger partial charge in [-0.1, -0.05) is 12.1 Å². The molecule has 1 aromatic carbocycles. The van der Waals surface area contributed by atoms with Gasteiger partial charge in [0.2, 0.25) is 10.0 Å². The average molecular weight is 535 g/mol. The number of aromatic nitrogens is 1. The fourth-order valence-corrected chi connectivity index (χ4v) is 3.81. The lowest BCUT2D eigenvalue weighted by atomic mass is 10.2. The number of halogens is 1. The van der Waals surface area contributed by atoms with Gasteiger partial charge < -0.3 is 19.5 Å². The van der Waals surface area contributed by atoms with Crippen molar-refractivity contribution in [2.75, 3.05) is 34.4 Å². The first-order valence-corrected chi connectivity index (χ1v) is 10.4. The van der Waals surface area contributed by atoms with E-state index >= 15 is 0 Å². The van der Waals surface area contributed by atoms with Gasteiger partial charge in [0.25, 0.3) is 0 Å². The Morgan fingerprint density at radius 3 is 2.66 bits per heavy atom. The van der Waals surface area contributed by atoms with Crippen molar-refractivity contribution in [3.8, 4) is 0 Å². The molecule has 2 aromatic rings. The van der Waals surface area contributed by atoms with Gasteiger partial charge in [0, 0.05) is 53.2 Å². The van der Waals surface area contributed by atoms with Crippen LogP contribution in [-0.4, -0.2) is 58.2 Å². The molecule has 0 unspecified atom stereocenters. The van der Waals surface area contributed by atoms with Crippen LogP contribution in [0.5, 0.6) is 0 Å². The third kappa shape index (κ3) is 7.61. The highest BCUT2D eigenvalue weighted by atomic mass is 127. The van der Waals surface area contributed by atoms with Crippen LogP contribution in [0.1, 0.15) is 11.3 Å². The summed E-state index contributed by atoms with van der Waals surface area (Å²) in [5.74, 6) is 0.729. The van der Waals surface area contributed by atoms with Gasteiger partial charge in [0.15, 0.2) is 5.96 Å². The van der Waals surface area contributed by atoms with E-state index in [4.69, 9.17) is 4.74 Å². The minimum Gasteiger partial charge on any atom is -0.383 e. The number of hydrogen-bond donors (Lipinski definition) is 2. The Balaban J connectivity index is 0.00000420. The largest absolute Gasteiger partial charge is 0.383 e. The quantitative estimate of drug-likeness (QED) is 0.221. The highest BCUT2D eigenvalue weighted by Gasteiger charge is 2.14. The summed E-state index contributed by atoms with van der Waals surface area (Å²) in [7, 11) is 3.67. The molecular weight excluding hydrogens is 505 g/mol. The molecule has 1 aromatic heterocycles. The minimum absolute atomic E-state index is 0. The number of sulfonamides is 1. The zero-order valence-electron chi connectivity index (χ0n) is 17.3. The molecule has 0 atom stereocenters. The number of hydrogen-bond acceptors (Lipinski definition) is 4. The molecule has 0 aliphatic carbocycles. The van der Waals surface area contributed by atoms with Gasteiger partial charge in [-0.25, -0.2) is 13.1 Å². The lowest BCUT2D eigenvalue weighted by Gasteiger charge is -2.22. The summed E-state index contributed by atoms with van der Waals surface area (Å²) in [4.78, 5) is 6.56. The first kappa shape index (κ1) is 25.4. The molecule has 2 N–H and O–H groups in total. The maximum absolute atomic E-state index is 12.3. The van der Waals surface area contributed by atoms with Crippen LogP contribution >= 0.6 is 24.0 Å². The third-order valence-corrected chi connectivity index (χ3v) is 5.74. The Labute approximate surface area is 190 Å². The number of guanidine groups is 1. The zero-order valence-corrected chi connectivity index (χ0v) is 20.4.